The standard InChI is InChI=1S/C27H24F4N2O4/c1-16-12-18(13-32-23(16)36-15-27(30,31)26(28)29)17(2)33-14-22-20(24(33)34)10-6-7-11-21(22)25(35)37-19-8-4-3-5-9-19/h3-6,8-13,17,26H,7,14-15H2,1-2H3. The molecule has 1 amide bonds. The molecule has 2 heterocycles. The first-order valence-electron chi connectivity index (χ1n) is 11.5. The molecule has 1 aliphatic carbocycles. The quantitative estimate of drug-likeness (QED) is 0.269. The van der Waals surface area contributed by atoms with Crippen molar-refractivity contribution in [2.45, 2.75) is 38.7 Å². The second kappa shape index (κ2) is 10.6. The zero-order chi connectivity index (χ0) is 26.7. The van der Waals surface area contributed by atoms with Gasteiger partial charge in [0.1, 0.15) is 5.75 Å². The van der Waals surface area contributed by atoms with Crippen LogP contribution in [0.3, 0.4) is 0 Å². The number of nitrogens with zero attached hydrogens (tertiary/aromatic N) is 2. The Labute approximate surface area is 210 Å². The number of pyridine rings is 1. The minimum Gasteiger partial charge on any atom is -0.471 e. The molecule has 0 N–H and O–H groups in total. The molecule has 6 nitrogen and oxygen atoms in total. The Morgan fingerprint density at radius 1 is 1.22 bits per heavy atom. The van der Waals surface area contributed by atoms with E-state index in [1.165, 1.54) is 6.20 Å². The average molecular weight is 516 g/mol. The van der Waals surface area contributed by atoms with E-state index in [0.29, 0.717) is 40.0 Å². The SMILES string of the molecule is Cc1cc(C(C)N2CC3=C(C=CCC=C3C(=O)Oc3ccccc3)C2=O)cnc1OCC(F)(F)C(F)F. The van der Waals surface area contributed by atoms with Gasteiger partial charge in [0, 0.05) is 23.9 Å². The van der Waals surface area contributed by atoms with E-state index in [9.17, 15) is 27.2 Å². The van der Waals surface area contributed by atoms with Gasteiger partial charge >= 0.3 is 18.3 Å². The van der Waals surface area contributed by atoms with Crippen molar-refractivity contribution in [3.63, 3.8) is 0 Å². The number of para-hydroxylation sites is 1. The lowest BCUT2D eigenvalue weighted by Gasteiger charge is -2.26. The molecule has 0 spiro atoms. The lowest BCUT2D eigenvalue weighted by atomic mass is 10.0. The number of esters is 1. The summed E-state index contributed by atoms with van der Waals surface area (Å²) in [5.74, 6) is -4.96. The minimum absolute atomic E-state index is 0.146. The van der Waals surface area contributed by atoms with Crippen molar-refractivity contribution in [2.24, 2.45) is 0 Å². The van der Waals surface area contributed by atoms with Crippen LogP contribution in [0.1, 0.15) is 30.5 Å². The van der Waals surface area contributed by atoms with Gasteiger partial charge in [-0.05, 0) is 49.6 Å². The molecule has 0 saturated heterocycles. The van der Waals surface area contributed by atoms with Gasteiger partial charge in [-0.2, -0.15) is 8.78 Å². The number of rotatable bonds is 8. The fourth-order valence-corrected chi connectivity index (χ4v) is 4.05. The van der Waals surface area contributed by atoms with Gasteiger partial charge in [-0.15, -0.1) is 0 Å². The van der Waals surface area contributed by atoms with E-state index >= 15 is 0 Å². The molecule has 2 aromatic rings. The first-order chi connectivity index (χ1) is 17.6. The van der Waals surface area contributed by atoms with Crippen LogP contribution in [0.5, 0.6) is 11.6 Å². The van der Waals surface area contributed by atoms with E-state index in [4.69, 9.17) is 9.47 Å². The Kier molecular flexibility index (Phi) is 7.47. The van der Waals surface area contributed by atoms with Crippen LogP contribution in [0.2, 0.25) is 0 Å². The van der Waals surface area contributed by atoms with Crippen LogP contribution >= 0.6 is 0 Å². The number of amides is 1. The first-order valence-corrected chi connectivity index (χ1v) is 11.5. The summed E-state index contributed by atoms with van der Waals surface area (Å²) in [7, 11) is 0. The predicted molar refractivity (Wildman–Crippen MR) is 126 cm³/mol. The molecule has 10 heteroatoms. The summed E-state index contributed by atoms with van der Waals surface area (Å²) in [5.41, 5.74) is 2.18. The number of hydrogen-bond donors (Lipinski definition) is 0. The highest BCUT2D eigenvalue weighted by molar-refractivity contribution is 6.06. The number of aryl methyl sites for hydroxylation is 1. The molecule has 37 heavy (non-hydrogen) atoms. The summed E-state index contributed by atoms with van der Waals surface area (Å²) in [4.78, 5) is 31.8. The van der Waals surface area contributed by atoms with Gasteiger partial charge in [-0.25, -0.2) is 18.6 Å². The molecule has 1 unspecified atom stereocenters. The number of benzene rings is 1. The van der Waals surface area contributed by atoms with Gasteiger partial charge in [0.05, 0.1) is 11.6 Å². The van der Waals surface area contributed by atoms with Crippen LogP contribution in [-0.2, 0) is 9.59 Å². The van der Waals surface area contributed by atoms with E-state index in [1.54, 1.807) is 73.4 Å². The van der Waals surface area contributed by atoms with Crippen LogP contribution in [0.15, 0.2) is 77.5 Å². The molecule has 1 aromatic heterocycles. The van der Waals surface area contributed by atoms with Crippen LogP contribution in [-0.4, -0.2) is 47.3 Å². The van der Waals surface area contributed by atoms with Crippen molar-refractivity contribution in [1.82, 2.24) is 9.88 Å². The summed E-state index contributed by atoms with van der Waals surface area (Å²) in [6, 6.07) is 9.71. The maximum atomic E-state index is 13.3. The highest BCUT2D eigenvalue weighted by Crippen LogP contribution is 2.35. The zero-order valence-electron chi connectivity index (χ0n) is 20.1. The molecule has 0 saturated carbocycles. The third kappa shape index (κ3) is 5.58. The summed E-state index contributed by atoms with van der Waals surface area (Å²) < 4.78 is 61.6. The van der Waals surface area contributed by atoms with E-state index in [0.717, 1.165) is 0 Å². The van der Waals surface area contributed by atoms with E-state index in [2.05, 4.69) is 4.98 Å². The van der Waals surface area contributed by atoms with Crippen LogP contribution < -0.4 is 9.47 Å². The number of aromatic nitrogens is 1. The molecule has 2 aliphatic rings. The molecule has 1 aromatic carbocycles. The van der Waals surface area contributed by atoms with Crippen LogP contribution in [0.25, 0.3) is 0 Å². The third-order valence-electron chi connectivity index (χ3n) is 6.11. The largest absolute Gasteiger partial charge is 0.471 e. The highest BCUT2D eigenvalue weighted by atomic mass is 19.3. The topological polar surface area (TPSA) is 68.7 Å². The second-order valence-electron chi connectivity index (χ2n) is 8.70. The lowest BCUT2D eigenvalue weighted by molar-refractivity contribution is -0.148. The van der Waals surface area contributed by atoms with Gasteiger partial charge in [-0.1, -0.05) is 36.4 Å². The third-order valence-corrected chi connectivity index (χ3v) is 6.11. The number of alkyl halides is 4. The number of carbonyl (C=O) groups is 2. The van der Waals surface area contributed by atoms with Gasteiger partial charge in [0.15, 0.2) is 6.61 Å². The normalized spacial score (nSPS) is 16.5. The van der Waals surface area contributed by atoms with Crippen molar-refractivity contribution in [1.29, 1.82) is 0 Å². The number of ether oxygens (including phenoxy) is 2. The predicted octanol–water partition coefficient (Wildman–Crippen LogP) is 5.36. The summed E-state index contributed by atoms with van der Waals surface area (Å²) >= 11 is 0. The first kappa shape index (κ1) is 26.1. The Morgan fingerprint density at radius 3 is 2.62 bits per heavy atom. The van der Waals surface area contributed by atoms with Crippen molar-refractivity contribution in [3.8, 4) is 11.6 Å². The summed E-state index contributed by atoms with van der Waals surface area (Å²) in [6.45, 7) is 1.95. The van der Waals surface area contributed by atoms with Gasteiger partial charge in [0.2, 0.25) is 5.88 Å². The van der Waals surface area contributed by atoms with Crippen molar-refractivity contribution >= 4 is 11.9 Å². The van der Waals surface area contributed by atoms with Crippen molar-refractivity contribution in [2.75, 3.05) is 13.2 Å². The smallest absolute Gasteiger partial charge is 0.343 e. The Hall–Kier alpha value is -3.95. The number of carbonyl (C=O) groups excluding carboxylic acids is 2. The van der Waals surface area contributed by atoms with E-state index < -0.39 is 31.0 Å². The molecule has 1 aliphatic heterocycles. The second-order valence-corrected chi connectivity index (χ2v) is 8.70. The summed E-state index contributed by atoms with van der Waals surface area (Å²) in [5, 5.41) is 0. The molecule has 0 bridgehead atoms. The minimum atomic E-state index is -4.30. The van der Waals surface area contributed by atoms with Crippen LogP contribution in [0, 0.1) is 6.92 Å². The Balaban J connectivity index is 1.50. The number of allylic oxidation sites excluding steroid dienone is 2. The zero-order valence-corrected chi connectivity index (χ0v) is 20.1. The maximum Gasteiger partial charge on any atom is 0.343 e. The fourth-order valence-electron chi connectivity index (χ4n) is 4.05. The Morgan fingerprint density at radius 2 is 1.95 bits per heavy atom. The molecular formula is C27H24F4N2O4. The summed E-state index contributed by atoms with van der Waals surface area (Å²) in [6.07, 6.45) is 3.16. The molecule has 194 valence electrons. The highest BCUT2D eigenvalue weighted by Gasteiger charge is 2.42. The number of hydrogen-bond acceptors (Lipinski definition) is 5. The monoisotopic (exact) mass is 516 g/mol. The van der Waals surface area contributed by atoms with Gasteiger partial charge in [-0.3, -0.25) is 4.79 Å². The van der Waals surface area contributed by atoms with Crippen molar-refractivity contribution < 1.29 is 36.6 Å². The molecule has 4 rings (SSSR count). The van der Waals surface area contributed by atoms with E-state index in [1.807, 2.05) is 0 Å². The van der Waals surface area contributed by atoms with Crippen LogP contribution in [0.4, 0.5) is 17.6 Å². The van der Waals surface area contributed by atoms with Gasteiger partial charge < -0.3 is 14.4 Å². The Bertz CT molecular complexity index is 1290. The lowest BCUT2D eigenvalue weighted by Crippen LogP contribution is -2.34. The molecule has 0 fully saturated rings. The number of halogens is 4. The maximum absolute atomic E-state index is 13.3. The van der Waals surface area contributed by atoms with Crippen molar-refractivity contribution in [3.05, 3.63) is 88.7 Å². The molecule has 1 atom stereocenters. The molecular weight excluding hydrogens is 492 g/mol. The van der Waals surface area contributed by atoms with Gasteiger partial charge in [0.25, 0.3) is 5.91 Å². The average Bonchev–Trinajstić information content (AvgIpc) is 3.04. The van der Waals surface area contributed by atoms with E-state index in [-0.39, 0.29) is 18.3 Å². The fraction of sp³-hybridized carbons (Fsp3) is 0.296. The molecule has 0 radical (unpaired) electrons.